The van der Waals surface area contributed by atoms with Crippen molar-refractivity contribution < 1.29 is 8.42 Å². The smallest absolute Gasteiger partial charge is 0.261 e. The molecule has 2 aromatic rings. The Labute approximate surface area is 132 Å². The van der Waals surface area contributed by atoms with Crippen molar-refractivity contribution in [3.05, 3.63) is 53.6 Å². The lowest BCUT2D eigenvalue weighted by atomic mass is 10.0. The number of hydrogen-bond acceptors (Lipinski definition) is 3. The summed E-state index contributed by atoms with van der Waals surface area (Å²) < 4.78 is 27.4. The van der Waals surface area contributed by atoms with Gasteiger partial charge in [0.05, 0.1) is 4.90 Å². The summed E-state index contributed by atoms with van der Waals surface area (Å²) in [6.45, 7) is 6.12. The van der Waals surface area contributed by atoms with Crippen molar-refractivity contribution in [1.29, 1.82) is 0 Å². The average Bonchev–Trinajstić information content (AvgIpc) is 2.42. The predicted octanol–water partition coefficient (Wildman–Crippen LogP) is 3.58. The van der Waals surface area contributed by atoms with E-state index in [1.165, 1.54) is 0 Å². The van der Waals surface area contributed by atoms with Gasteiger partial charge < -0.3 is 5.73 Å². The highest BCUT2D eigenvalue weighted by Gasteiger charge is 2.14. The van der Waals surface area contributed by atoms with Crippen molar-refractivity contribution in [3.63, 3.8) is 0 Å². The van der Waals surface area contributed by atoms with Crippen LogP contribution in [-0.4, -0.2) is 8.42 Å². The first-order valence-electron chi connectivity index (χ1n) is 7.26. The number of sulfonamides is 1. The molecule has 0 aromatic heterocycles. The molecule has 0 spiro atoms. The van der Waals surface area contributed by atoms with Gasteiger partial charge in [-0.25, -0.2) is 8.42 Å². The maximum absolute atomic E-state index is 12.4. The zero-order chi connectivity index (χ0) is 16.3. The largest absolute Gasteiger partial charge is 0.399 e. The molecular formula is C17H22N2O2S. The predicted molar refractivity (Wildman–Crippen MR) is 91.4 cm³/mol. The maximum Gasteiger partial charge on any atom is 0.261 e. The average molecular weight is 318 g/mol. The molecule has 0 saturated carbocycles. The van der Waals surface area contributed by atoms with E-state index in [2.05, 4.69) is 18.6 Å². The molecule has 0 saturated heterocycles. The Balaban J connectivity index is 2.28. The van der Waals surface area contributed by atoms with Crippen LogP contribution in [0.1, 0.15) is 25.0 Å². The number of hydrogen-bond donors (Lipinski definition) is 2. The number of anilines is 2. The van der Waals surface area contributed by atoms with Crippen molar-refractivity contribution in [1.82, 2.24) is 0 Å². The molecule has 0 bridgehead atoms. The molecule has 0 unspecified atom stereocenters. The molecule has 0 atom stereocenters. The highest BCUT2D eigenvalue weighted by atomic mass is 32.2. The molecule has 0 aliphatic carbocycles. The summed E-state index contributed by atoms with van der Waals surface area (Å²) >= 11 is 0. The molecule has 2 rings (SSSR count). The number of nitrogen functional groups attached to an aromatic ring is 1. The normalized spacial score (nSPS) is 11.6. The molecule has 0 radical (unpaired) electrons. The van der Waals surface area contributed by atoms with E-state index in [1.807, 2.05) is 6.92 Å². The van der Waals surface area contributed by atoms with E-state index < -0.39 is 10.0 Å². The van der Waals surface area contributed by atoms with E-state index in [1.54, 1.807) is 42.5 Å². The standard InChI is InChI=1S/C17H22N2O2S/c1-12(2)10-14-11-15(6-9-17(14)18)19-22(20,21)16-7-4-13(3)5-8-16/h4-9,11-12,19H,10,18H2,1-3H3. The van der Waals surface area contributed by atoms with E-state index in [9.17, 15) is 8.42 Å². The van der Waals surface area contributed by atoms with Crippen LogP contribution in [0.3, 0.4) is 0 Å². The summed E-state index contributed by atoms with van der Waals surface area (Å²) in [5.74, 6) is 0.450. The topological polar surface area (TPSA) is 72.2 Å². The first kappa shape index (κ1) is 16.4. The molecule has 5 heteroatoms. The third-order valence-corrected chi connectivity index (χ3v) is 4.75. The molecular weight excluding hydrogens is 296 g/mol. The fraction of sp³-hybridized carbons (Fsp3) is 0.294. The van der Waals surface area contributed by atoms with Gasteiger partial charge in [0.15, 0.2) is 0 Å². The lowest BCUT2D eigenvalue weighted by Gasteiger charge is -2.13. The van der Waals surface area contributed by atoms with Gasteiger partial charge in [-0.15, -0.1) is 0 Å². The van der Waals surface area contributed by atoms with Crippen molar-refractivity contribution in [3.8, 4) is 0 Å². The zero-order valence-electron chi connectivity index (χ0n) is 13.1. The molecule has 3 N–H and O–H groups in total. The Morgan fingerprint density at radius 2 is 1.73 bits per heavy atom. The lowest BCUT2D eigenvalue weighted by Crippen LogP contribution is -2.13. The molecule has 0 heterocycles. The van der Waals surface area contributed by atoms with Gasteiger partial charge in [0.25, 0.3) is 10.0 Å². The molecule has 22 heavy (non-hydrogen) atoms. The highest BCUT2D eigenvalue weighted by molar-refractivity contribution is 7.92. The van der Waals surface area contributed by atoms with Gasteiger partial charge in [-0.2, -0.15) is 0 Å². The summed E-state index contributed by atoms with van der Waals surface area (Å²) in [5.41, 5.74) is 9.15. The summed E-state index contributed by atoms with van der Waals surface area (Å²) in [7, 11) is -3.58. The summed E-state index contributed by atoms with van der Waals surface area (Å²) in [4.78, 5) is 0.250. The summed E-state index contributed by atoms with van der Waals surface area (Å²) in [6.07, 6.45) is 0.811. The van der Waals surface area contributed by atoms with Gasteiger partial charge in [0.2, 0.25) is 0 Å². The fourth-order valence-corrected chi connectivity index (χ4v) is 3.27. The Kier molecular flexibility index (Phi) is 4.76. The Morgan fingerprint density at radius 1 is 1.09 bits per heavy atom. The second-order valence-electron chi connectivity index (χ2n) is 5.93. The molecule has 4 nitrogen and oxygen atoms in total. The number of benzene rings is 2. The van der Waals surface area contributed by atoms with Crippen LogP contribution in [0.15, 0.2) is 47.4 Å². The highest BCUT2D eigenvalue weighted by Crippen LogP contribution is 2.23. The van der Waals surface area contributed by atoms with Gasteiger partial charge in [-0.05, 0) is 55.2 Å². The molecule has 0 aliphatic heterocycles. The molecule has 0 aliphatic rings. The summed E-state index contributed by atoms with van der Waals surface area (Å²) in [5, 5.41) is 0. The molecule has 0 fully saturated rings. The minimum atomic E-state index is -3.58. The monoisotopic (exact) mass is 318 g/mol. The Bertz CT molecular complexity index is 751. The molecule has 118 valence electrons. The number of rotatable bonds is 5. The van der Waals surface area contributed by atoms with Gasteiger partial charge in [0.1, 0.15) is 0 Å². The quantitative estimate of drug-likeness (QED) is 0.828. The van der Waals surface area contributed by atoms with Crippen LogP contribution in [0.5, 0.6) is 0 Å². The number of nitrogens with one attached hydrogen (secondary N) is 1. The maximum atomic E-state index is 12.4. The van der Waals surface area contributed by atoms with Gasteiger partial charge in [-0.3, -0.25) is 4.72 Å². The van der Waals surface area contributed by atoms with Gasteiger partial charge in [-0.1, -0.05) is 31.5 Å². The molecule has 0 amide bonds. The second kappa shape index (κ2) is 6.40. The first-order chi connectivity index (χ1) is 10.3. The molecule has 2 aromatic carbocycles. The van der Waals surface area contributed by atoms with Crippen LogP contribution in [0.25, 0.3) is 0 Å². The van der Waals surface area contributed by atoms with Crippen molar-refractivity contribution in [2.45, 2.75) is 32.1 Å². The van der Waals surface area contributed by atoms with E-state index in [0.29, 0.717) is 17.3 Å². The van der Waals surface area contributed by atoms with Crippen LogP contribution >= 0.6 is 0 Å². The second-order valence-corrected chi connectivity index (χ2v) is 7.61. The van der Waals surface area contributed by atoms with Gasteiger partial charge in [0, 0.05) is 11.4 Å². The first-order valence-corrected chi connectivity index (χ1v) is 8.74. The summed E-state index contributed by atoms with van der Waals surface area (Å²) in [6, 6.07) is 12.0. The van der Waals surface area contributed by atoms with Crippen molar-refractivity contribution in [2.24, 2.45) is 5.92 Å². The van der Waals surface area contributed by atoms with Crippen LogP contribution in [-0.2, 0) is 16.4 Å². The van der Waals surface area contributed by atoms with E-state index in [4.69, 9.17) is 5.73 Å². The minimum Gasteiger partial charge on any atom is -0.399 e. The Morgan fingerprint density at radius 3 is 2.32 bits per heavy atom. The van der Waals surface area contributed by atoms with E-state index in [-0.39, 0.29) is 4.90 Å². The third-order valence-electron chi connectivity index (χ3n) is 3.35. The van der Waals surface area contributed by atoms with Crippen LogP contribution < -0.4 is 10.5 Å². The van der Waals surface area contributed by atoms with Crippen LogP contribution in [0.4, 0.5) is 11.4 Å². The lowest BCUT2D eigenvalue weighted by molar-refractivity contribution is 0.601. The number of nitrogens with two attached hydrogens (primary N) is 1. The third kappa shape index (κ3) is 4.01. The SMILES string of the molecule is Cc1ccc(S(=O)(=O)Nc2ccc(N)c(CC(C)C)c2)cc1. The van der Waals surface area contributed by atoms with Crippen molar-refractivity contribution >= 4 is 21.4 Å². The van der Waals surface area contributed by atoms with Crippen LogP contribution in [0.2, 0.25) is 0 Å². The van der Waals surface area contributed by atoms with Crippen molar-refractivity contribution in [2.75, 3.05) is 10.5 Å². The van der Waals surface area contributed by atoms with E-state index >= 15 is 0 Å². The minimum absolute atomic E-state index is 0.250. The van der Waals surface area contributed by atoms with Gasteiger partial charge >= 0.3 is 0 Å². The fourth-order valence-electron chi connectivity index (χ4n) is 2.22. The van der Waals surface area contributed by atoms with E-state index in [0.717, 1.165) is 17.5 Å². The van der Waals surface area contributed by atoms with Crippen LogP contribution in [0, 0.1) is 12.8 Å². The Hall–Kier alpha value is -2.01. The number of aryl methyl sites for hydroxylation is 1. The zero-order valence-corrected chi connectivity index (χ0v) is 13.9.